The normalized spacial score (nSPS) is 15.3. The first-order chi connectivity index (χ1) is 14.7. The molecule has 0 radical (unpaired) electrons. The molecule has 1 aromatic heterocycles. The average molecular weight is 422 g/mol. The van der Waals surface area contributed by atoms with Gasteiger partial charge in [0.1, 0.15) is 16.9 Å². The van der Waals surface area contributed by atoms with Crippen LogP contribution in [0.1, 0.15) is 56.7 Å². The van der Waals surface area contributed by atoms with Crippen LogP contribution in [0.25, 0.3) is 11.0 Å². The molecule has 0 saturated carbocycles. The third-order valence-electron chi connectivity index (χ3n) is 5.37. The van der Waals surface area contributed by atoms with Gasteiger partial charge in [-0.15, -0.1) is 0 Å². The van der Waals surface area contributed by atoms with Crippen LogP contribution in [0.5, 0.6) is 11.5 Å². The third kappa shape index (κ3) is 3.26. The minimum absolute atomic E-state index is 0.0528. The van der Waals surface area contributed by atoms with Gasteiger partial charge in [-0.1, -0.05) is 12.1 Å². The summed E-state index contributed by atoms with van der Waals surface area (Å²) in [5.41, 5.74) is 0.970. The van der Waals surface area contributed by atoms with E-state index in [9.17, 15) is 24.3 Å². The highest BCUT2D eigenvalue weighted by atomic mass is 16.5. The molecule has 0 amide bonds. The number of aromatic hydroxyl groups is 1. The first kappa shape index (κ1) is 20.3. The maximum atomic E-state index is 12.4. The molecule has 1 N–H and O–H groups in total. The van der Waals surface area contributed by atoms with E-state index in [2.05, 4.69) is 0 Å². The summed E-state index contributed by atoms with van der Waals surface area (Å²) in [5, 5.41) is 11.0. The lowest BCUT2D eigenvalue weighted by Gasteiger charge is -2.28. The molecule has 8 heteroatoms. The Bertz CT molecular complexity index is 1310. The number of carbonyl (C=O) groups excluding carboxylic acids is 3. The van der Waals surface area contributed by atoms with Crippen LogP contribution in [-0.2, 0) is 9.53 Å². The molecule has 2 heterocycles. The maximum Gasteiger partial charge on any atom is 0.337 e. The second-order valence-corrected chi connectivity index (χ2v) is 7.32. The summed E-state index contributed by atoms with van der Waals surface area (Å²) < 4.78 is 15.5. The lowest BCUT2D eigenvalue weighted by molar-refractivity contribution is -0.135. The van der Waals surface area contributed by atoms with Crippen LogP contribution in [0.2, 0.25) is 0 Å². The van der Waals surface area contributed by atoms with E-state index in [1.54, 1.807) is 31.2 Å². The number of ether oxygens (including phenoxy) is 2. The van der Waals surface area contributed by atoms with Crippen LogP contribution >= 0.6 is 0 Å². The number of fused-ring (bicyclic) bond motifs is 3. The Morgan fingerprint density at radius 3 is 2.45 bits per heavy atom. The number of phenolic OH excluding ortho intramolecular Hbond substituents is 1. The number of methoxy groups -OCH3 is 1. The van der Waals surface area contributed by atoms with Crippen LogP contribution in [0.3, 0.4) is 0 Å². The second kappa shape index (κ2) is 7.39. The van der Waals surface area contributed by atoms with Crippen LogP contribution in [-0.4, -0.2) is 29.9 Å². The predicted octanol–water partition coefficient (Wildman–Crippen LogP) is 3.24. The van der Waals surface area contributed by atoms with Gasteiger partial charge in [0.25, 0.3) is 0 Å². The number of Topliss-reactive ketones (excluding diaryl/α,β-unsaturated/α-hetero) is 1. The number of rotatable bonds is 3. The number of aryl methyl sites for hydroxylation is 1. The van der Waals surface area contributed by atoms with Crippen molar-refractivity contribution in [3.8, 4) is 11.5 Å². The van der Waals surface area contributed by atoms with Crippen molar-refractivity contribution >= 4 is 28.7 Å². The van der Waals surface area contributed by atoms with Crippen molar-refractivity contribution in [3.05, 3.63) is 68.6 Å². The van der Waals surface area contributed by atoms with E-state index < -0.39 is 35.0 Å². The van der Waals surface area contributed by atoms with Gasteiger partial charge in [0.2, 0.25) is 0 Å². The molecule has 8 nitrogen and oxygen atoms in total. The first-order valence-corrected chi connectivity index (χ1v) is 9.46. The van der Waals surface area contributed by atoms with Crippen molar-refractivity contribution < 1.29 is 33.4 Å². The number of ketones is 1. The van der Waals surface area contributed by atoms with Crippen molar-refractivity contribution in [1.29, 1.82) is 0 Å². The molecule has 0 bridgehead atoms. The molecular formula is C23H18O8. The zero-order chi connectivity index (χ0) is 22.4. The molecule has 0 spiro atoms. The number of benzene rings is 2. The van der Waals surface area contributed by atoms with Crippen molar-refractivity contribution in [3.63, 3.8) is 0 Å². The Kier molecular flexibility index (Phi) is 4.85. The van der Waals surface area contributed by atoms with Gasteiger partial charge < -0.3 is 19.0 Å². The Balaban J connectivity index is 2.06. The van der Waals surface area contributed by atoms with Crippen LogP contribution in [0.4, 0.5) is 0 Å². The van der Waals surface area contributed by atoms with Crippen molar-refractivity contribution in [1.82, 2.24) is 0 Å². The Hall–Kier alpha value is -3.94. The molecular weight excluding hydrogens is 404 g/mol. The summed E-state index contributed by atoms with van der Waals surface area (Å²) in [6.45, 7) is 2.86. The smallest absolute Gasteiger partial charge is 0.337 e. The maximum absolute atomic E-state index is 12.4. The third-order valence-corrected chi connectivity index (χ3v) is 5.37. The number of phenols is 1. The van der Waals surface area contributed by atoms with Crippen LogP contribution in [0.15, 0.2) is 39.5 Å². The lowest BCUT2D eigenvalue weighted by Crippen LogP contribution is -2.23. The number of carbonyl (C=O) groups is 3. The van der Waals surface area contributed by atoms with E-state index in [4.69, 9.17) is 13.9 Å². The summed E-state index contributed by atoms with van der Waals surface area (Å²) in [5.74, 6) is -2.77. The van der Waals surface area contributed by atoms with Gasteiger partial charge in [-0.25, -0.2) is 9.59 Å². The minimum Gasteiger partial charge on any atom is -0.506 e. The zero-order valence-electron chi connectivity index (χ0n) is 17.0. The summed E-state index contributed by atoms with van der Waals surface area (Å²) >= 11 is 0. The van der Waals surface area contributed by atoms with E-state index in [0.717, 1.165) is 0 Å². The van der Waals surface area contributed by atoms with Gasteiger partial charge in [0.15, 0.2) is 11.5 Å². The molecule has 4 rings (SSSR count). The van der Waals surface area contributed by atoms with E-state index in [0.29, 0.717) is 22.3 Å². The lowest BCUT2D eigenvalue weighted by atomic mass is 9.82. The standard InChI is InChI=1S/C23H18O8/c1-10-8-15(25)30-21-17(10)20(27)18(11(2)24)22-19(21)14(9-16(26)31-22)12-4-6-13(7-5-12)23(28)29-3/h4-8,14,27H,9H2,1-3H3/t14-/m1/s1. The van der Waals surface area contributed by atoms with Gasteiger partial charge in [-0.05, 0) is 37.1 Å². The molecule has 1 aliphatic heterocycles. The van der Waals surface area contributed by atoms with Crippen molar-refractivity contribution in [2.75, 3.05) is 7.11 Å². The topological polar surface area (TPSA) is 120 Å². The highest BCUT2D eigenvalue weighted by Gasteiger charge is 2.37. The van der Waals surface area contributed by atoms with E-state index >= 15 is 0 Å². The van der Waals surface area contributed by atoms with Gasteiger partial charge >= 0.3 is 17.6 Å². The Labute approximate surface area is 176 Å². The quantitative estimate of drug-likeness (QED) is 0.296. The van der Waals surface area contributed by atoms with E-state index in [-0.39, 0.29) is 28.7 Å². The Morgan fingerprint density at radius 2 is 1.84 bits per heavy atom. The predicted molar refractivity (Wildman–Crippen MR) is 109 cm³/mol. The number of hydrogen-bond acceptors (Lipinski definition) is 8. The number of hydrogen-bond donors (Lipinski definition) is 1. The fraction of sp³-hybridized carbons (Fsp3) is 0.217. The van der Waals surface area contributed by atoms with Crippen LogP contribution in [0, 0.1) is 6.92 Å². The van der Waals surface area contributed by atoms with Crippen molar-refractivity contribution in [2.45, 2.75) is 26.2 Å². The summed E-state index contributed by atoms with van der Waals surface area (Å²) in [7, 11) is 1.27. The zero-order valence-corrected chi connectivity index (χ0v) is 17.0. The van der Waals surface area contributed by atoms with Crippen LogP contribution < -0.4 is 10.4 Å². The molecule has 0 fully saturated rings. The molecule has 0 aliphatic carbocycles. The summed E-state index contributed by atoms with van der Waals surface area (Å²) in [4.78, 5) is 48.6. The van der Waals surface area contributed by atoms with Gasteiger partial charge in [-0.2, -0.15) is 0 Å². The molecule has 1 aliphatic rings. The highest BCUT2D eigenvalue weighted by molar-refractivity contribution is 6.09. The van der Waals surface area contributed by atoms with E-state index in [1.807, 2.05) is 0 Å². The molecule has 0 saturated heterocycles. The van der Waals surface area contributed by atoms with E-state index in [1.165, 1.54) is 20.1 Å². The fourth-order valence-electron chi connectivity index (χ4n) is 3.99. The largest absolute Gasteiger partial charge is 0.506 e. The van der Waals surface area contributed by atoms with Crippen molar-refractivity contribution in [2.24, 2.45) is 0 Å². The SMILES string of the molecule is COC(=O)c1ccc([C@H]2CC(=O)Oc3c(C(C)=O)c(O)c4c(C)cc(=O)oc4c32)cc1. The summed E-state index contributed by atoms with van der Waals surface area (Å²) in [6.07, 6.45) is -0.0839. The molecule has 3 aromatic rings. The molecule has 158 valence electrons. The Morgan fingerprint density at radius 1 is 1.16 bits per heavy atom. The number of esters is 2. The van der Waals surface area contributed by atoms with Gasteiger partial charge in [0.05, 0.1) is 24.5 Å². The minimum atomic E-state index is -0.640. The second-order valence-electron chi connectivity index (χ2n) is 7.32. The first-order valence-electron chi connectivity index (χ1n) is 9.46. The van der Waals surface area contributed by atoms with Gasteiger partial charge in [0, 0.05) is 17.5 Å². The van der Waals surface area contributed by atoms with Gasteiger partial charge in [-0.3, -0.25) is 9.59 Å². The molecule has 2 aromatic carbocycles. The highest BCUT2D eigenvalue weighted by Crippen LogP contribution is 2.49. The molecule has 0 unspecified atom stereocenters. The summed E-state index contributed by atoms with van der Waals surface area (Å²) in [6, 6.07) is 7.62. The fourth-order valence-corrected chi connectivity index (χ4v) is 3.99. The average Bonchev–Trinajstić information content (AvgIpc) is 2.71. The monoisotopic (exact) mass is 422 g/mol. The molecule has 1 atom stereocenters. The molecule has 31 heavy (non-hydrogen) atoms.